The van der Waals surface area contributed by atoms with Crippen molar-refractivity contribution in [2.75, 3.05) is 20.3 Å². The summed E-state index contributed by atoms with van der Waals surface area (Å²) in [6, 6.07) is 0.285. The summed E-state index contributed by atoms with van der Waals surface area (Å²) in [4.78, 5) is 14.1. The van der Waals surface area contributed by atoms with Gasteiger partial charge in [0.05, 0.1) is 18.8 Å². The number of methoxy groups -OCH3 is 1. The molecule has 4 heteroatoms. The number of hydrogen-bond acceptors (Lipinski definition) is 3. The van der Waals surface area contributed by atoms with Gasteiger partial charge in [-0.1, -0.05) is 12.8 Å². The maximum Gasteiger partial charge on any atom is 0.251 e. The summed E-state index contributed by atoms with van der Waals surface area (Å²) in [6.07, 6.45) is 4.53. The van der Waals surface area contributed by atoms with Gasteiger partial charge in [-0.05, 0) is 19.8 Å². The molecule has 16 heavy (non-hydrogen) atoms. The van der Waals surface area contributed by atoms with Crippen molar-refractivity contribution >= 4 is 5.91 Å². The van der Waals surface area contributed by atoms with Crippen molar-refractivity contribution in [3.63, 3.8) is 0 Å². The smallest absolute Gasteiger partial charge is 0.251 e. The van der Waals surface area contributed by atoms with Crippen molar-refractivity contribution in [3.05, 3.63) is 0 Å². The minimum atomic E-state index is -0.333. The molecule has 0 aromatic carbocycles. The van der Waals surface area contributed by atoms with Crippen molar-refractivity contribution < 1.29 is 14.3 Å². The van der Waals surface area contributed by atoms with Gasteiger partial charge in [-0.3, -0.25) is 4.79 Å². The Morgan fingerprint density at radius 3 is 2.94 bits per heavy atom. The van der Waals surface area contributed by atoms with Crippen LogP contribution in [0.15, 0.2) is 0 Å². The molecule has 0 aromatic heterocycles. The molecule has 2 aliphatic rings. The normalized spacial score (nSPS) is 32.0. The monoisotopic (exact) mass is 227 g/mol. The number of hydrogen-bond donors (Lipinski definition) is 0. The van der Waals surface area contributed by atoms with Gasteiger partial charge in [0.25, 0.3) is 5.91 Å². The molecular weight excluding hydrogens is 206 g/mol. The zero-order valence-corrected chi connectivity index (χ0v) is 10.1. The molecule has 92 valence electrons. The van der Waals surface area contributed by atoms with Crippen LogP contribution in [0.5, 0.6) is 0 Å². The van der Waals surface area contributed by atoms with Crippen LogP contribution in [0.25, 0.3) is 0 Å². The third kappa shape index (κ3) is 2.23. The fraction of sp³-hybridized carbons (Fsp3) is 0.917. The minimum Gasteiger partial charge on any atom is -0.374 e. The molecule has 1 amide bonds. The number of nitrogens with zero attached hydrogens (tertiary/aromatic N) is 1. The quantitative estimate of drug-likeness (QED) is 0.711. The Morgan fingerprint density at radius 2 is 2.19 bits per heavy atom. The predicted octanol–water partition coefficient (Wildman–Crippen LogP) is 1.19. The van der Waals surface area contributed by atoms with Crippen LogP contribution >= 0.6 is 0 Å². The number of rotatable bonds is 2. The summed E-state index contributed by atoms with van der Waals surface area (Å²) in [5.74, 6) is 0.114. The molecule has 3 atom stereocenters. The van der Waals surface area contributed by atoms with E-state index in [0.717, 1.165) is 12.8 Å². The first kappa shape index (κ1) is 11.9. The molecule has 1 aliphatic carbocycles. The molecule has 1 aliphatic heterocycles. The molecular formula is C12H21NO3. The van der Waals surface area contributed by atoms with Crippen LogP contribution in [0.3, 0.4) is 0 Å². The number of carbonyl (C=O) groups is 1. The van der Waals surface area contributed by atoms with Crippen molar-refractivity contribution in [3.8, 4) is 0 Å². The number of morpholine rings is 1. The standard InChI is InChI=1S/C12H21NO3/c1-9(15-2)12(14)13-7-8-16-11-6-4-3-5-10(11)13/h9-11H,3-8H2,1-2H3. The number of carbonyl (C=O) groups excluding carboxylic acids is 1. The van der Waals surface area contributed by atoms with Crippen molar-refractivity contribution in [1.29, 1.82) is 0 Å². The van der Waals surface area contributed by atoms with Gasteiger partial charge < -0.3 is 14.4 Å². The molecule has 3 unspecified atom stereocenters. The van der Waals surface area contributed by atoms with Crippen molar-refractivity contribution in [2.24, 2.45) is 0 Å². The summed E-state index contributed by atoms with van der Waals surface area (Å²) < 4.78 is 10.9. The van der Waals surface area contributed by atoms with E-state index in [1.54, 1.807) is 7.11 Å². The average Bonchev–Trinajstić information content (AvgIpc) is 2.36. The van der Waals surface area contributed by atoms with E-state index in [4.69, 9.17) is 9.47 Å². The molecule has 0 radical (unpaired) electrons. The highest BCUT2D eigenvalue weighted by Gasteiger charge is 2.37. The van der Waals surface area contributed by atoms with Gasteiger partial charge in [-0.15, -0.1) is 0 Å². The lowest BCUT2D eigenvalue weighted by Gasteiger charge is -2.44. The Bertz CT molecular complexity index is 255. The predicted molar refractivity (Wildman–Crippen MR) is 60.2 cm³/mol. The summed E-state index contributed by atoms with van der Waals surface area (Å²) in [5, 5.41) is 0. The van der Waals surface area contributed by atoms with Gasteiger partial charge in [-0.2, -0.15) is 0 Å². The highest BCUT2D eigenvalue weighted by molar-refractivity contribution is 5.81. The molecule has 1 saturated heterocycles. The van der Waals surface area contributed by atoms with E-state index in [0.29, 0.717) is 13.2 Å². The maximum atomic E-state index is 12.1. The van der Waals surface area contributed by atoms with E-state index in [-0.39, 0.29) is 24.2 Å². The average molecular weight is 227 g/mol. The van der Waals surface area contributed by atoms with E-state index >= 15 is 0 Å². The Labute approximate surface area is 96.9 Å². The second kappa shape index (κ2) is 5.15. The summed E-state index contributed by atoms with van der Waals surface area (Å²) in [6.45, 7) is 3.20. The van der Waals surface area contributed by atoms with Gasteiger partial charge in [0.2, 0.25) is 0 Å². The van der Waals surface area contributed by atoms with Crippen LogP contribution in [-0.4, -0.2) is 49.3 Å². The number of amides is 1. The second-order valence-corrected chi connectivity index (χ2v) is 4.67. The number of fused-ring (bicyclic) bond motifs is 1. The van der Waals surface area contributed by atoms with E-state index in [1.807, 2.05) is 11.8 Å². The zero-order chi connectivity index (χ0) is 11.5. The van der Waals surface area contributed by atoms with Crippen LogP contribution < -0.4 is 0 Å². The molecule has 2 fully saturated rings. The minimum absolute atomic E-state index is 0.114. The summed E-state index contributed by atoms with van der Waals surface area (Å²) >= 11 is 0. The SMILES string of the molecule is COC(C)C(=O)N1CCOC2CCCCC21. The highest BCUT2D eigenvalue weighted by Crippen LogP contribution is 2.28. The van der Waals surface area contributed by atoms with Crippen LogP contribution in [0.1, 0.15) is 32.6 Å². The van der Waals surface area contributed by atoms with Crippen LogP contribution in [0, 0.1) is 0 Å². The first-order chi connectivity index (χ1) is 7.74. The molecule has 0 spiro atoms. The Hall–Kier alpha value is -0.610. The molecule has 1 heterocycles. The molecule has 0 aromatic rings. The topological polar surface area (TPSA) is 38.8 Å². The van der Waals surface area contributed by atoms with Gasteiger partial charge in [0.15, 0.2) is 0 Å². The fourth-order valence-corrected chi connectivity index (χ4v) is 2.70. The van der Waals surface area contributed by atoms with Gasteiger partial charge >= 0.3 is 0 Å². The maximum absolute atomic E-state index is 12.1. The lowest BCUT2D eigenvalue weighted by molar-refractivity contribution is -0.158. The molecule has 1 saturated carbocycles. The van der Waals surface area contributed by atoms with E-state index in [1.165, 1.54) is 12.8 Å². The zero-order valence-electron chi connectivity index (χ0n) is 10.1. The van der Waals surface area contributed by atoms with Crippen LogP contribution in [0.4, 0.5) is 0 Å². The van der Waals surface area contributed by atoms with Crippen molar-refractivity contribution in [2.45, 2.75) is 50.9 Å². The van der Waals surface area contributed by atoms with Gasteiger partial charge in [0.1, 0.15) is 6.10 Å². The fourth-order valence-electron chi connectivity index (χ4n) is 2.70. The molecule has 4 nitrogen and oxygen atoms in total. The lowest BCUT2D eigenvalue weighted by Crippen LogP contribution is -2.57. The molecule has 0 bridgehead atoms. The first-order valence-electron chi connectivity index (χ1n) is 6.19. The first-order valence-corrected chi connectivity index (χ1v) is 6.19. The lowest BCUT2D eigenvalue weighted by atomic mass is 9.90. The van der Waals surface area contributed by atoms with Gasteiger partial charge in [-0.25, -0.2) is 0 Å². The third-order valence-corrected chi connectivity index (χ3v) is 3.72. The van der Waals surface area contributed by atoms with E-state index in [2.05, 4.69) is 0 Å². The van der Waals surface area contributed by atoms with Crippen molar-refractivity contribution in [1.82, 2.24) is 4.90 Å². The van der Waals surface area contributed by atoms with Crippen LogP contribution in [-0.2, 0) is 14.3 Å². The third-order valence-electron chi connectivity index (χ3n) is 3.72. The summed E-state index contributed by atoms with van der Waals surface area (Å²) in [7, 11) is 1.58. The van der Waals surface area contributed by atoms with Crippen LogP contribution in [0.2, 0.25) is 0 Å². The Kier molecular flexibility index (Phi) is 3.82. The number of ether oxygens (including phenoxy) is 2. The Balaban J connectivity index is 2.04. The molecule has 2 rings (SSSR count). The summed E-state index contributed by atoms with van der Waals surface area (Å²) in [5.41, 5.74) is 0. The molecule has 0 N–H and O–H groups in total. The van der Waals surface area contributed by atoms with E-state index in [9.17, 15) is 4.79 Å². The Morgan fingerprint density at radius 1 is 1.44 bits per heavy atom. The largest absolute Gasteiger partial charge is 0.374 e. The van der Waals surface area contributed by atoms with E-state index < -0.39 is 0 Å². The highest BCUT2D eigenvalue weighted by atomic mass is 16.5. The second-order valence-electron chi connectivity index (χ2n) is 4.67. The van der Waals surface area contributed by atoms with Gasteiger partial charge in [0, 0.05) is 13.7 Å².